The number of ether oxygens (including phenoxy) is 1. The van der Waals surface area contributed by atoms with Gasteiger partial charge in [0.15, 0.2) is 5.82 Å². The van der Waals surface area contributed by atoms with Gasteiger partial charge in [0.1, 0.15) is 29.8 Å². The fourth-order valence-electron chi connectivity index (χ4n) is 7.52. The number of imidazole rings is 1. The maximum absolute atomic E-state index is 15.6. The number of carbonyl (C=O) groups is 4. The lowest BCUT2D eigenvalue weighted by Gasteiger charge is -2.37. The number of fused-ring (bicyclic) bond motifs is 2. The summed E-state index contributed by atoms with van der Waals surface area (Å²) in [5, 5.41) is 13.0. The number of rotatable bonds is 8. The monoisotopic (exact) mass is 750 g/mol. The van der Waals surface area contributed by atoms with Crippen LogP contribution in [0.5, 0.6) is 11.5 Å². The molecule has 0 saturated carbocycles. The maximum atomic E-state index is 15.6. The first-order chi connectivity index (χ1) is 25.1. The van der Waals surface area contributed by atoms with E-state index in [1.165, 1.54) is 27.3 Å². The van der Waals surface area contributed by atoms with Gasteiger partial charge in [0, 0.05) is 37.4 Å². The Hall–Kier alpha value is -5.45. The normalized spacial score (nSPS) is 19.5. The molecule has 15 nitrogen and oxygen atoms in total. The number of benzene rings is 3. The molecule has 0 aliphatic carbocycles. The number of halogens is 1. The Kier molecular flexibility index (Phi) is 8.95. The van der Waals surface area contributed by atoms with Crippen molar-refractivity contribution < 1.29 is 41.8 Å². The van der Waals surface area contributed by atoms with Crippen molar-refractivity contribution in [1.29, 1.82) is 0 Å². The highest BCUT2D eigenvalue weighted by molar-refractivity contribution is 7.92. The summed E-state index contributed by atoms with van der Waals surface area (Å²) in [7, 11) is -2.70. The molecule has 53 heavy (non-hydrogen) atoms. The zero-order valence-electron chi connectivity index (χ0n) is 29.3. The number of hydrogen-bond donors (Lipinski definition) is 3. The largest absolute Gasteiger partial charge is 0.506 e. The molecule has 3 aliphatic rings. The third-order valence-corrected chi connectivity index (χ3v) is 11.9. The van der Waals surface area contributed by atoms with Gasteiger partial charge in [-0.15, -0.1) is 0 Å². The summed E-state index contributed by atoms with van der Waals surface area (Å²) in [5.41, 5.74) is 0.601. The molecular formula is C36H39FN6O9S. The van der Waals surface area contributed by atoms with Crippen molar-refractivity contribution in [1.82, 2.24) is 24.1 Å². The van der Waals surface area contributed by atoms with Gasteiger partial charge in [-0.3, -0.25) is 33.6 Å². The molecule has 3 saturated heterocycles. The average molecular weight is 751 g/mol. The molecule has 3 N–H and O–H groups in total. The third kappa shape index (κ3) is 6.46. The van der Waals surface area contributed by atoms with E-state index in [1.54, 1.807) is 17.8 Å². The van der Waals surface area contributed by atoms with Gasteiger partial charge in [0.05, 0.1) is 17.6 Å². The first-order valence-corrected chi connectivity index (χ1v) is 18.7. The zero-order chi connectivity index (χ0) is 38.0. The number of amides is 4. The van der Waals surface area contributed by atoms with E-state index >= 15 is 4.39 Å². The van der Waals surface area contributed by atoms with Crippen LogP contribution in [0.2, 0.25) is 0 Å². The molecule has 17 heteroatoms. The van der Waals surface area contributed by atoms with E-state index in [2.05, 4.69) is 5.32 Å². The highest BCUT2D eigenvalue weighted by atomic mass is 32.2. The Morgan fingerprint density at radius 1 is 1.00 bits per heavy atom. The van der Waals surface area contributed by atoms with Gasteiger partial charge in [-0.05, 0) is 72.9 Å². The lowest BCUT2D eigenvalue weighted by atomic mass is 9.85. The molecule has 1 atom stereocenters. The summed E-state index contributed by atoms with van der Waals surface area (Å²) >= 11 is 0. The van der Waals surface area contributed by atoms with Gasteiger partial charge in [-0.1, -0.05) is 26.0 Å². The second-order valence-corrected chi connectivity index (χ2v) is 16.0. The highest BCUT2D eigenvalue weighted by Crippen LogP contribution is 2.40. The number of hydrogen-bond acceptors (Lipinski definition) is 9. The summed E-state index contributed by atoms with van der Waals surface area (Å²) in [6.07, 6.45) is 2.21. The second kappa shape index (κ2) is 13.2. The smallest absolute Gasteiger partial charge is 0.329 e. The van der Waals surface area contributed by atoms with Crippen molar-refractivity contribution in [3.8, 4) is 11.5 Å². The van der Waals surface area contributed by atoms with Gasteiger partial charge < -0.3 is 14.7 Å². The van der Waals surface area contributed by atoms with Crippen molar-refractivity contribution in [2.75, 3.05) is 30.5 Å². The van der Waals surface area contributed by atoms with E-state index in [1.807, 2.05) is 36.9 Å². The van der Waals surface area contributed by atoms with Crippen LogP contribution in [-0.4, -0.2) is 77.4 Å². The molecule has 4 heterocycles. The fraction of sp³-hybridized carbons (Fsp3) is 0.417. The first-order valence-electron chi connectivity index (χ1n) is 17.3. The molecule has 0 spiro atoms. The van der Waals surface area contributed by atoms with Gasteiger partial charge in [0.2, 0.25) is 17.7 Å². The number of carbonyl (C=O) groups excluding carboxylic acids is 4. The van der Waals surface area contributed by atoms with E-state index in [-0.39, 0.29) is 54.0 Å². The minimum atomic E-state index is -4.36. The van der Waals surface area contributed by atoms with Crippen LogP contribution in [0.3, 0.4) is 0 Å². The molecule has 0 bridgehead atoms. The quantitative estimate of drug-likeness (QED) is 0.228. The van der Waals surface area contributed by atoms with Crippen molar-refractivity contribution in [2.45, 2.75) is 57.9 Å². The molecule has 4 amide bonds. The van der Waals surface area contributed by atoms with Crippen molar-refractivity contribution >= 4 is 61.3 Å². The molecule has 3 aromatic carbocycles. The van der Waals surface area contributed by atoms with Crippen LogP contribution < -0.4 is 24.8 Å². The summed E-state index contributed by atoms with van der Waals surface area (Å²) in [6.45, 7) is 4.21. The molecular weight excluding hydrogens is 711 g/mol. The lowest BCUT2D eigenvalue weighted by molar-refractivity contribution is -0.142. The number of phenolic OH excluding ortho intramolecular Hbond substituents is 1. The minimum Gasteiger partial charge on any atom is -0.506 e. The van der Waals surface area contributed by atoms with E-state index in [9.17, 15) is 37.5 Å². The number of anilines is 1. The molecule has 3 aliphatic heterocycles. The number of aryl methyl sites for hydroxylation is 1. The maximum Gasteiger partial charge on any atom is 0.329 e. The Morgan fingerprint density at radius 2 is 1.74 bits per heavy atom. The molecule has 280 valence electrons. The number of piperidine rings is 2. The summed E-state index contributed by atoms with van der Waals surface area (Å²) in [6, 6.07) is 10.7. The number of nitrogens with zero attached hydrogens (tertiary/aromatic N) is 4. The van der Waals surface area contributed by atoms with Crippen LogP contribution in [0, 0.1) is 11.2 Å². The fourth-order valence-corrected chi connectivity index (χ4v) is 8.68. The predicted octanol–water partition coefficient (Wildman–Crippen LogP) is 2.70. The molecule has 1 unspecified atom stereocenters. The van der Waals surface area contributed by atoms with Gasteiger partial charge in [0.25, 0.3) is 5.91 Å². The second-order valence-electron chi connectivity index (χ2n) is 14.5. The van der Waals surface area contributed by atoms with Gasteiger partial charge >= 0.3 is 15.9 Å². The number of likely N-dealkylation sites (tertiary alicyclic amines) is 1. The number of aromatic hydroxyl groups is 1. The molecule has 3 fully saturated rings. The van der Waals surface area contributed by atoms with Crippen molar-refractivity contribution in [3.05, 3.63) is 64.3 Å². The average Bonchev–Trinajstić information content (AvgIpc) is 3.52. The van der Waals surface area contributed by atoms with E-state index in [4.69, 9.17) is 4.74 Å². The van der Waals surface area contributed by atoms with Crippen LogP contribution in [0.25, 0.3) is 21.8 Å². The standard InChI is InChI=1S/C36H39FN6O9S/c1-36(2,12-15-52-23-6-4-22-17-28(44)32(31(37)24(22)18-23)42-19-30(46)39-53(42,50)51)34(48)41-13-10-20(11-14-41)21-5-7-25-27(16-21)40(3)35(49)43(25)26-8-9-29(45)38-33(26)47/h4-7,16-18,20,26,44H,8-15,19H2,1-3H3,(H,39,46)(H,38,45,47). The zero-order valence-corrected chi connectivity index (χ0v) is 30.2. The van der Waals surface area contributed by atoms with E-state index in [0.29, 0.717) is 40.2 Å². The Labute approximate surface area is 303 Å². The molecule has 0 radical (unpaired) electrons. The Balaban J connectivity index is 0.980. The molecule has 1 aromatic heterocycles. The minimum absolute atomic E-state index is 0.0173. The third-order valence-electron chi connectivity index (χ3n) is 10.5. The van der Waals surface area contributed by atoms with Crippen LogP contribution in [0.15, 0.2) is 47.3 Å². The number of phenols is 1. The Bertz CT molecular complexity index is 2380. The SMILES string of the molecule is Cn1c(=O)n(C2CCC(=O)NC2=O)c2ccc(C3CCN(C(=O)C(C)(C)CCOc4ccc5cc(O)c(N6CC(=O)NS6(=O)=O)c(F)c5c4)CC3)cc21. The van der Waals surface area contributed by atoms with Crippen molar-refractivity contribution in [2.24, 2.45) is 12.5 Å². The van der Waals surface area contributed by atoms with Gasteiger partial charge in [-0.2, -0.15) is 8.42 Å². The van der Waals surface area contributed by atoms with E-state index in [0.717, 1.165) is 18.4 Å². The lowest BCUT2D eigenvalue weighted by Crippen LogP contribution is -2.45. The van der Waals surface area contributed by atoms with Crippen molar-refractivity contribution in [3.63, 3.8) is 0 Å². The first kappa shape index (κ1) is 35.9. The summed E-state index contributed by atoms with van der Waals surface area (Å²) < 4.78 is 51.4. The van der Waals surface area contributed by atoms with Gasteiger partial charge in [-0.25, -0.2) is 18.2 Å². The molecule has 4 aromatic rings. The number of imide groups is 1. The number of aromatic nitrogens is 2. The van der Waals surface area contributed by atoms with E-state index < -0.39 is 57.3 Å². The molecule has 7 rings (SSSR count). The van der Waals surface area contributed by atoms with Crippen LogP contribution >= 0.6 is 0 Å². The summed E-state index contributed by atoms with van der Waals surface area (Å²) in [5.74, 6) is -2.95. The predicted molar refractivity (Wildman–Crippen MR) is 191 cm³/mol. The van der Waals surface area contributed by atoms with Crippen LogP contribution in [0.4, 0.5) is 10.1 Å². The Morgan fingerprint density at radius 3 is 2.42 bits per heavy atom. The summed E-state index contributed by atoms with van der Waals surface area (Å²) in [4.78, 5) is 64.6. The van der Waals surface area contributed by atoms with Crippen LogP contribution in [-0.2, 0) is 36.4 Å². The van der Waals surface area contributed by atoms with Crippen LogP contribution in [0.1, 0.15) is 63.5 Å². The number of nitrogens with one attached hydrogen (secondary N) is 2. The topological polar surface area (TPSA) is 189 Å². The highest BCUT2D eigenvalue weighted by Gasteiger charge is 2.38.